The van der Waals surface area contributed by atoms with E-state index in [2.05, 4.69) is 26.9 Å². The lowest BCUT2D eigenvalue weighted by Gasteiger charge is -2.07. The summed E-state index contributed by atoms with van der Waals surface area (Å²) >= 11 is 0. The van der Waals surface area contributed by atoms with Crippen LogP contribution in [0.25, 0.3) is 0 Å². The Labute approximate surface area is 135 Å². The molecule has 0 aliphatic heterocycles. The SMILES string of the molecule is COc1cccc(CCNc2ccc(C(=O)NC3CC3)nn2)c1. The lowest BCUT2D eigenvalue weighted by atomic mass is 10.1. The lowest BCUT2D eigenvalue weighted by molar-refractivity contribution is 0.0945. The molecule has 1 amide bonds. The third kappa shape index (κ3) is 4.42. The first-order chi connectivity index (χ1) is 11.2. The van der Waals surface area contributed by atoms with Crippen LogP contribution in [0.15, 0.2) is 36.4 Å². The quantitative estimate of drug-likeness (QED) is 0.818. The van der Waals surface area contributed by atoms with E-state index in [4.69, 9.17) is 4.74 Å². The van der Waals surface area contributed by atoms with E-state index in [1.165, 1.54) is 5.56 Å². The van der Waals surface area contributed by atoms with Crippen LogP contribution < -0.4 is 15.4 Å². The second-order valence-corrected chi connectivity index (χ2v) is 5.58. The van der Waals surface area contributed by atoms with Crippen LogP contribution in [0.3, 0.4) is 0 Å². The van der Waals surface area contributed by atoms with E-state index in [9.17, 15) is 4.79 Å². The van der Waals surface area contributed by atoms with Gasteiger partial charge in [-0.2, -0.15) is 0 Å². The number of rotatable bonds is 7. The fourth-order valence-corrected chi connectivity index (χ4v) is 2.20. The third-order valence-corrected chi connectivity index (χ3v) is 3.66. The first-order valence-electron chi connectivity index (χ1n) is 7.76. The topological polar surface area (TPSA) is 76.1 Å². The van der Waals surface area contributed by atoms with Crippen LogP contribution in [0.1, 0.15) is 28.9 Å². The number of hydrogen-bond acceptors (Lipinski definition) is 5. The van der Waals surface area contributed by atoms with E-state index >= 15 is 0 Å². The lowest BCUT2D eigenvalue weighted by Crippen LogP contribution is -2.26. The molecule has 1 aromatic carbocycles. The van der Waals surface area contributed by atoms with Gasteiger partial charge in [-0.05, 0) is 49.1 Å². The van der Waals surface area contributed by atoms with Gasteiger partial charge in [-0.15, -0.1) is 10.2 Å². The highest BCUT2D eigenvalue weighted by Crippen LogP contribution is 2.19. The zero-order chi connectivity index (χ0) is 16.1. The van der Waals surface area contributed by atoms with Crippen molar-refractivity contribution in [3.63, 3.8) is 0 Å². The van der Waals surface area contributed by atoms with Crippen molar-refractivity contribution in [2.75, 3.05) is 19.0 Å². The average Bonchev–Trinajstić information content (AvgIpc) is 3.39. The zero-order valence-electron chi connectivity index (χ0n) is 13.1. The predicted molar refractivity (Wildman–Crippen MR) is 87.7 cm³/mol. The van der Waals surface area contributed by atoms with Crippen molar-refractivity contribution in [2.24, 2.45) is 0 Å². The first-order valence-corrected chi connectivity index (χ1v) is 7.76. The summed E-state index contributed by atoms with van der Waals surface area (Å²) in [5, 5.41) is 14.1. The highest BCUT2D eigenvalue weighted by Gasteiger charge is 2.24. The van der Waals surface area contributed by atoms with E-state index in [1.807, 2.05) is 18.2 Å². The largest absolute Gasteiger partial charge is 0.497 e. The van der Waals surface area contributed by atoms with Crippen molar-refractivity contribution in [1.82, 2.24) is 15.5 Å². The molecule has 6 nitrogen and oxygen atoms in total. The number of methoxy groups -OCH3 is 1. The number of nitrogens with zero attached hydrogens (tertiary/aromatic N) is 2. The van der Waals surface area contributed by atoms with E-state index in [0.717, 1.165) is 31.6 Å². The molecular formula is C17H20N4O2. The van der Waals surface area contributed by atoms with Gasteiger partial charge in [-0.1, -0.05) is 12.1 Å². The van der Waals surface area contributed by atoms with Crippen LogP contribution in [-0.4, -0.2) is 35.8 Å². The van der Waals surface area contributed by atoms with Gasteiger partial charge < -0.3 is 15.4 Å². The van der Waals surface area contributed by atoms with Crippen molar-refractivity contribution in [2.45, 2.75) is 25.3 Å². The molecule has 2 N–H and O–H groups in total. The summed E-state index contributed by atoms with van der Waals surface area (Å²) in [6.07, 6.45) is 2.97. The number of anilines is 1. The minimum Gasteiger partial charge on any atom is -0.497 e. The number of carbonyl (C=O) groups is 1. The van der Waals surface area contributed by atoms with E-state index < -0.39 is 0 Å². The Kier molecular flexibility index (Phi) is 4.71. The van der Waals surface area contributed by atoms with Gasteiger partial charge in [0.25, 0.3) is 5.91 Å². The molecule has 0 unspecified atom stereocenters. The molecule has 0 spiro atoms. The van der Waals surface area contributed by atoms with Crippen molar-refractivity contribution in [3.05, 3.63) is 47.7 Å². The molecule has 2 aromatic rings. The molecule has 1 saturated carbocycles. The Bertz CT molecular complexity index is 669. The predicted octanol–water partition coefficient (Wildman–Crippen LogP) is 2.03. The molecule has 120 valence electrons. The van der Waals surface area contributed by atoms with Crippen molar-refractivity contribution < 1.29 is 9.53 Å². The molecule has 0 bridgehead atoms. The van der Waals surface area contributed by atoms with Gasteiger partial charge in [0.1, 0.15) is 11.6 Å². The fourth-order valence-electron chi connectivity index (χ4n) is 2.20. The van der Waals surface area contributed by atoms with Gasteiger partial charge in [0, 0.05) is 12.6 Å². The van der Waals surface area contributed by atoms with Crippen LogP contribution in [-0.2, 0) is 6.42 Å². The molecule has 6 heteroatoms. The minimum absolute atomic E-state index is 0.150. The summed E-state index contributed by atoms with van der Waals surface area (Å²) in [5.74, 6) is 1.37. The van der Waals surface area contributed by atoms with Crippen LogP contribution in [0, 0.1) is 0 Å². The van der Waals surface area contributed by atoms with E-state index in [0.29, 0.717) is 17.6 Å². The molecule has 3 rings (SSSR count). The molecule has 1 fully saturated rings. The number of carbonyl (C=O) groups excluding carboxylic acids is 1. The monoisotopic (exact) mass is 312 g/mol. The Morgan fingerprint density at radius 1 is 1.26 bits per heavy atom. The summed E-state index contributed by atoms with van der Waals surface area (Å²) in [4.78, 5) is 11.8. The fraction of sp³-hybridized carbons (Fsp3) is 0.353. The van der Waals surface area contributed by atoms with Gasteiger partial charge in [-0.25, -0.2) is 0 Å². The molecule has 1 aliphatic rings. The van der Waals surface area contributed by atoms with Gasteiger partial charge in [0.15, 0.2) is 5.69 Å². The molecule has 23 heavy (non-hydrogen) atoms. The van der Waals surface area contributed by atoms with Crippen LogP contribution >= 0.6 is 0 Å². The first kappa shape index (κ1) is 15.3. The number of hydrogen-bond donors (Lipinski definition) is 2. The van der Waals surface area contributed by atoms with Crippen molar-refractivity contribution >= 4 is 11.7 Å². The normalized spacial score (nSPS) is 13.4. The molecule has 1 aromatic heterocycles. The Balaban J connectivity index is 1.49. The number of benzene rings is 1. The summed E-state index contributed by atoms with van der Waals surface area (Å²) in [5.41, 5.74) is 1.54. The van der Waals surface area contributed by atoms with Gasteiger partial charge in [-0.3, -0.25) is 4.79 Å². The van der Waals surface area contributed by atoms with E-state index in [1.54, 1.807) is 19.2 Å². The van der Waals surface area contributed by atoms with Crippen LogP contribution in [0.2, 0.25) is 0 Å². The minimum atomic E-state index is -0.150. The second kappa shape index (κ2) is 7.09. The van der Waals surface area contributed by atoms with E-state index in [-0.39, 0.29) is 5.91 Å². The second-order valence-electron chi connectivity index (χ2n) is 5.58. The molecule has 1 aliphatic carbocycles. The summed E-state index contributed by atoms with van der Waals surface area (Å²) < 4.78 is 5.21. The zero-order valence-corrected chi connectivity index (χ0v) is 13.1. The van der Waals surface area contributed by atoms with Gasteiger partial charge >= 0.3 is 0 Å². The molecular weight excluding hydrogens is 292 g/mol. The maximum Gasteiger partial charge on any atom is 0.272 e. The smallest absolute Gasteiger partial charge is 0.272 e. The maximum absolute atomic E-state index is 11.8. The van der Waals surface area contributed by atoms with Crippen LogP contribution in [0.4, 0.5) is 5.82 Å². The third-order valence-electron chi connectivity index (χ3n) is 3.66. The molecule has 0 radical (unpaired) electrons. The standard InChI is InChI=1S/C17H20N4O2/c1-23-14-4-2-3-12(11-14)9-10-18-16-8-7-15(20-21-16)17(22)19-13-5-6-13/h2-4,7-8,11,13H,5-6,9-10H2,1H3,(H,18,21)(H,19,22). The molecule has 1 heterocycles. The van der Waals surface area contributed by atoms with Gasteiger partial charge in [0.2, 0.25) is 0 Å². The molecule has 0 atom stereocenters. The highest BCUT2D eigenvalue weighted by molar-refractivity contribution is 5.92. The number of ether oxygens (including phenoxy) is 1. The summed E-state index contributed by atoms with van der Waals surface area (Å²) in [6.45, 7) is 0.732. The van der Waals surface area contributed by atoms with Gasteiger partial charge in [0.05, 0.1) is 7.11 Å². The summed E-state index contributed by atoms with van der Waals surface area (Å²) in [7, 11) is 1.66. The highest BCUT2D eigenvalue weighted by atomic mass is 16.5. The maximum atomic E-state index is 11.8. The van der Waals surface area contributed by atoms with Crippen molar-refractivity contribution in [1.29, 1.82) is 0 Å². The Hall–Kier alpha value is -2.63. The van der Waals surface area contributed by atoms with Crippen LogP contribution in [0.5, 0.6) is 5.75 Å². The average molecular weight is 312 g/mol. The summed E-state index contributed by atoms with van der Waals surface area (Å²) in [6, 6.07) is 11.8. The molecule has 0 saturated heterocycles. The van der Waals surface area contributed by atoms with Crippen molar-refractivity contribution in [3.8, 4) is 5.75 Å². The number of amides is 1. The Morgan fingerprint density at radius 2 is 2.13 bits per heavy atom. The number of nitrogens with one attached hydrogen (secondary N) is 2. The Morgan fingerprint density at radius 3 is 2.83 bits per heavy atom. The number of aromatic nitrogens is 2.